The highest BCUT2D eigenvalue weighted by Gasteiger charge is 2.36. The van der Waals surface area contributed by atoms with Gasteiger partial charge in [0.1, 0.15) is 6.04 Å². The molecule has 2 heterocycles. The number of piperidine rings is 2. The molecular formula is C13H21N3O3S. The highest BCUT2D eigenvalue weighted by Crippen LogP contribution is 2.25. The summed E-state index contributed by atoms with van der Waals surface area (Å²) in [5, 5.41) is 5.62. The summed E-state index contributed by atoms with van der Waals surface area (Å²) < 4.78 is 0. The van der Waals surface area contributed by atoms with Crippen LogP contribution in [0.4, 0.5) is 0 Å². The van der Waals surface area contributed by atoms with E-state index in [4.69, 9.17) is 0 Å². The molecule has 0 spiro atoms. The number of amides is 3. The van der Waals surface area contributed by atoms with Gasteiger partial charge in [0.15, 0.2) is 0 Å². The Bertz CT molecular complexity index is 416. The molecule has 2 saturated heterocycles. The van der Waals surface area contributed by atoms with Crippen molar-refractivity contribution in [1.29, 1.82) is 0 Å². The van der Waals surface area contributed by atoms with Gasteiger partial charge < -0.3 is 15.5 Å². The number of rotatable bonds is 3. The lowest BCUT2D eigenvalue weighted by Crippen LogP contribution is -2.58. The number of nitrogens with one attached hydrogen (secondary N) is 2. The van der Waals surface area contributed by atoms with Crippen LogP contribution in [0.15, 0.2) is 0 Å². The van der Waals surface area contributed by atoms with Crippen LogP contribution in [0.1, 0.15) is 26.2 Å². The van der Waals surface area contributed by atoms with Crippen molar-refractivity contribution >= 4 is 30.4 Å². The minimum atomic E-state index is -0.564. The summed E-state index contributed by atoms with van der Waals surface area (Å²) in [6.45, 7) is 2.66. The van der Waals surface area contributed by atoms with Gasteiger partial charge in [-0.2, -0.15) is 12.6 Å². The Hall–Kier alpha value is -1.24. The largest absolute Gasteiger partial charge is 0.353 e. The van der Waals surface area contributed by atoms with Gasteiger partial charge in [-0.25, -0.2) is 0 Å². The first kappa shape index (κ1) is 15.2. The Kier molecular flexibility index (Phi) is 4.91. The van der Waals surface area contributed by atoms with Crippen LogP contribution in [0.2, 0.25) is 0 Å². The zero-order valence-electron chi connectivity index (χ0n) is 11.6. The second-order valence-electron chi connectivity index (χ2n) is 5.48. The van der Waals surface area contributed by atoms with Gasteiger partial charge in [0.25, 0.3) is 0 Å². The Morgan fingerprint density at radius 1 is 1.50 bits per heavy atom. The zero-order chi connectivity index (χ0) is 14.7. The van der Waals surface area contributed by atoms with E-state index in [1.54, 1.807) is 4.90 Å². The topological polar surface area (TPSA) is 78.5 Å². The number of fused-ring (bicyclic) bond motifs is 1. The SMILES string of the molecule is CC(=O)NC(CS)C(=O)N1CCC2NC(=O)CCC2C1. The van der Waals surface area contributed by atoms with Crippen LogP contribution in [0.25, 0.3) is 0 Å². The van der Waals surface area contributed by atoms with E-state index < -0.39 is 6.04 Å². The maximum Gasteiger partial charge on any atom is 0.246 e. The predicted octanol–water partition coefficient (Wildman–Crippen LogP) is -0.452. The van der Waals surface area contributed by atoms with Gasteiger partial charge in [-0.15, -0.1) is 0 Å². The van der Waals surface area contributed by atoms with Crippen LogP contribution in [-0.2, 0) is 14.4 Å². The van der Waals surface area contributed by atoms with E-state index in [9.17, 15) is 14.4 Å². The lowest BCUT2D eigenvalue weighted by atomic mass is 9.85. The molecule has 0 aliphatic carbocycles. The molecule has 0 aromatic rings. The van der Waals surface area contributed by atoms with Gasteiger partial charge in [-0.1, -0.05) is 0 Å². The van der Waals surface area contributed by atoms with E-state index in [0.29, 0.717) is 31.2 Å². The summed E-state index contributed by atoms with van der Waals surface area (Å²) in [4.78, 5) is 36.6. The van der Waals surface area contributed by atoms with Gasteiger partial charge in [0.05, 0.1) is 0 Å². The molecule has 2 aliphatic heterocycles. The molecule has 0 saturated carbocycles. The summed E-state index contributed by atoms with van der Waals surface area (Å²) in [6, 6.07) is -0.374. The zero-order valence-corrected chi connectivity index (χ0v) is 12.5. The fourth-order valence-corrected chi connectivity index (χ4v) is 3.21. The molecular weight excluding hydrogens is 278 g/mol. The first-order valence-electron chi connectivity index (χ1n) is 6.97. The molecule has 0 aromatic heterocycles. The van der Waals surface area contributed by atoms with Crippen molar-refractivity contribution in [1.82, 2.24) is 15.5 Å². The standard InChI is InChI=1S/C13H21N3O3S/c1-8(17)14-11(7-20)13(19)16-5-4-10-9(6-16)2-3-12(18)15-10/h9-11,20H,2-7H2,1H3,(H,14,17)(H,15,18). The molecule has 3 amide bonds. The third-order valence-electron chi connectivity index (χ3n) is 3.99. The molecule has 3 atom stereocenters. The Labute approximate surface area is 124 Å². The number of hydrogen-bond donors (Lipinski definition) is 3. The number of hydrogen-bond acceptors (Lipinski definition) is 4. The van der Waals surface area contributed by atoms with Crippen molar-refractivity contribution in [3.63, 3.8) is 0 Å². The fourth-order valence-electron chi connectivity index (χ4n) is 2.96. The molecule has 2 N–H and O–H groups in total. The number of likely N-dealkylation sites (tertiary alicyclic amines) is 1. The van der Waals surface area contributed by atoms with E-state index in [2.05, 4.69) is 23.3 Å². The first-order chi connectivity index (χ1) is 9.51. The molecule has 3 unspecified atom stereocenters. The molecule has 7 heteroatoms. The van der Waals surface area contributed by atoms with Crippen molar-refractivity contribution in [3.05, 3.63) is 0 Å². The summed E-state index contributed by atoms with van der Waals surface area (Å²) >= 11 is 4.13. The molecule has 2 fully saturated rings. The average Bonchev–Trinajstić information content (AvgIpc) is 2.43. The van der Waals surface area contributed by atoms with Crippen molar-refractivity contribution < 1.29 is 14.4 Å². The first-order valence-corrected chi connectivity index (χ1v) is 7.60. The normalized spacial score (nSPS) is 27.3. The van der Waals surface area contributed by atoms with Crippen molar-refractivity contribution in [2.75, 3.05) is 18.8 Å². The summed E-state index contributed by atoms with van der Waals surface area (Å²) in [5.41, 5.74) is 0. The second kappa shape index (κ2) is 6.47. The molecule has 112 valence electrons. The molecule has 2 rings (SSSR count). The Morgan fingerprint density at radius 2 is 2.25 bits per heavy atom. The summed E-state index contributed by atoms with van der Waals surface area (Å²) in [7, 11) is 0. The molecule has 0 bridgehead atoms. The van der Waals surface area contributed by atoms with E-state index in [1.807, 2.05) is 0 Å². The molecule has 20 heavy (non-hydrogen) atoms. The minimum absolute atomic E-state index is 0.0782. The molecule has 0 radical (unpaired) electrons. The van der Waals surface area contributed by atoms with Crippen LogP contribution >= 0.6 is 12.6 Å². The average molecular weight is 299 g/mol. The molecule has 0 aromatic carbocycles. The lowest BCUT2D eigenvalue weighted by molar-refractivity contribution is -0.138. The van der Waals surface area contributed by atoms with Crippen LogP contribution in [-0.4, -0.2) is 53.5 Å². The third-order valence-corrected chi connectivity index (χ3v) is 4.36. The number of thiol groups is 1. The molecule has 2 aliphatic rings. The maximum absolute atomic E-state index is 12.4. The van der Waals surface area contributed by atoms with Gasteiger partial charge >= 0.3 is 0 Å². The highest BCUT2D eigenvalue weighted by atomic mass is 32.1. The van der Waals surface area contributed by atoms with E-state index >= 15 is 0 Å². The highest BCUT2D eigenvalue weighted by molar-refractivity contribution is 7.80. The smallest absolute Gasteiger partial charge is 0.246 e. The van der Waals surface area contributed by atoms with Crippen LogP contribution in [0.3, 0.4) is 0 Å². The number of carbonyl (C=O) groups excluding carboxylic acids is 3. The van der Waals surface area contributed by atoms with Crippen molar-refractivity contribution in [2.45, 2.75) is 38.3 Å². The minimum Gasteiger partial charge on any atom is -0.353 e. The van der Waals surface area contributed by atoms with Gasteiger partial charge in [-0.3, -0.25) is 14.4 Å². The number of carbonyl (C=O) groups is 3. The summed E-state index contributed by atoms with van der Waals surface area (Å²) in [5.74, 6) is 0.420. The van der Waals surface area contributed by atoms with Crippen molar-refractivity contribution in [3.8, 4) is 0 Å². The van der Waals surface area contributed by atoms with Gasteiger partial charge in [0, 0.05) is 38.2 Å². The molecule has 6 nitrogen and oxygen atoms in total. The van der Waals surface area contributed by atoms with Crippen LogP contribution in [0.5, 0.6) is 0 Å². The van der Waals surface area contributed by atoms with Crippen LogP contribution < -0.4 is 10.6 Å². The Balaban J connectivity index is 1.95. The van der Waals surface area contributed by atoms with Crippen molar-refractivity contribution in [2.24, 2.45) is 5.92 Å². The second-order valence-corrected chi connectivity index (χ2v) is 5.85. The van der Waals surface area contributed by atoms with E-state index in [0.717, 1.165) is 12.8 Å². The van der Waals surface area contributed by atoms with E-state index in [-0.39, 0.29) is 23.8 Å². The predicted molar refractivity (Wildman–Crippen MR) is 77.3 cm³/mol. The van der Waals surface area contributed by atoms with E-state index in [1.165, 1.54) is 6.92 Å². The van der Waals surface area contributed by atoms with Crippen LogP contribution in [0, 0.1) is 5.92 Å². The van der Waals surface area contributed by atoms with Gasteiger partial charge in [0.2, 0.25) is 17.7 Å². The monoisotopic (exact) mass is 299 g/mol. The third kappa shape index (κ3) is 3.45. The fraction of sp³-hybridized carbons (Fsp3) is 0.769. The lowest BCUT2D eigenvalue weighted by Gasteiger charge is -2.42. The summed E-state index contributed by atoms with van der Waals surface area (Å²) in [6.07, 6.45) is 2.14. The quantitative estimate of drug-likeness (QED) is 0.618. The number of nitrogens with zero attached hydrogens (tertiary/aromatic N) is 1. The van der Waals surface area contributed by atoms with Gasteiger partial charge in [-0.05, 0) is 18.8 Å². The maximum atomic E-state index is 12.4. The Morgan fingerprint density at radius 3 is 2.90 bits per heavy atom.